The maximum atomic E-state index is 12.7. The third kappa shape index (κ3) is 4.35. The van der Waals surface area contributed by atoms with Gasteiger partial charge >= 0.3 is 6.09 Å². The highest BCUT2D eigenvalue weighted by atomic mass is 35.5. The van der Waals surface area contributed by atoms with E-state index in [0.29, 0.717) is 30.4 Å². The predicted octanol–water partition coefficient (Wildman–Crippen LogP) is 5.11. The van der Waals surface area contributed by atoms with Crippen molar-refractivity contribution in [3.63, 3.8) is 0 Å². The number of hydrogen-bond acceptors (Lipinski definition) is 4. The Kier molecular flexibility index (Phi) is 5.67. The zero-order chi connectivity index (χ0) is 20.2. The lowest BCUT2D eigenvalue weighted by atomic mass is 10.1. The highest BCUT2D eigenvalue weighted by Gasteiger charge is 2.30. The maximum Gasteiger partial charge on any atom is 0.415 e. The lowest BCUT2D eigenvalue weighted by molar-refractivity contribution is 0.129. The first-order valence-corrected chi connectivity index (χ1v) is 9.99. The molecule has 148 valence electrons. The molecular formula is C23H22ClN3O2. The van der Waals surface area contributed by atoms with Crippen molar-refractivity contribution < 1.29 is 9.53 Å². The van der Waals surface area contributed by atoms with E-state index in [1.54, 1.807) is 11.1 Å². The molecule has 5 nitrogen and oxygen atoms in total. The fraction of sp³-hybridized carbons (Fsp3) is 0.217. The minimum Gasteiger partial charge on any atom is -0.410 e. The second-order valence-corrected chi connectivity index (χ2v) is 7.46. The van der Waals surface area contributed by atoms with Gasteiger partial charge in [-0.1, -0.05) is 54.1 Å². The van der Waals surface area contributed by atoms with Crippen LogP contribution >= 0.6 is 11.6 Å². The van der Waals surface area contributed by atoms with E-state index >= 15 is 0 Å². The molecule has 1 aliphatic rings. The molecule has 1 amide bonds. The van der Waals surface area contributed by atoms with Crippen LogP contribution in [0.15, 0.2) is 72.9 Å². The maximum absolute atomic E-state index is 12.7. The van der Waals surface area contributed by atoms with Crippen LogP contribution < -0.4 is 9.64 Å². The summed E-state index contributed by atoms with van der Waals surface area (Å²) in [5.41, 5.74) is 2.21. The molecular weight excluding hydrogens is 386 g/mol. The third-order valence-electron chi connectivity index (χ3n) is 5.07. The van der Waals surface area contributed by atoms with E-state index in [-0.39, 0.29) is 12.1 Å². The summed E-state index contributed by atoms with van der Waals surface area (Å²) in [5.74, 6) is 1.29. The number of pyridine rings is 1. The highest BCUT2D eigenvalue weighted by Crippen LogP contribution is 2.26. The number of carbonyl (C=O) groups is 1. The Morgan fingerprint density at radius 3 is 2.41 bits per heavy atom. The number of piperazine rings is 1. The van der Waals surface area contributed by atoms with Gasteiger partial charge in [0.25, 0.3) is 0 Å². The van der Waals surface area contributed by atoms with Crippen LogP contribution in [-0.4, -0.2) is 41.7 Å². The van der Waals surface area contributed by atoms with E-state index in [2.05, 4.69) is 22.0 Å². The topological polar surface area (TPSA) is 45.7 Å². The summed E-state index contributed by atoms with van der Waals surface area (Å²) in [5, 5.41) is 0.620. The molecule has 0 radical (unpaired) electrons. The molecule has 2 heterocycles. The lowest BCUT2D eigenvalue weighted by Gasteiger charge is -2.39. The predicted molar refractivity (Wildman–Crippen MR) is 116 cm³/mol. The molecule has 0 saturated carbocycles. The Hall–Kier alpha value is -3.05. The summed E-state index contributed by atoms with van der Waals surface area (Å²) >= 11 is 6.26. The van der Waals surface area contributed by atoms with Gasteiger partial charge in [-0.3, -0.25) is 0 Å². The monoisotopic (exact) mass is 407 g/mol. The minimum atomic E-state index is -0.336. The quantitative estimate of drug-likeness (QED) is 0.605. The lowest BCUT2D eigenvalue weighted by Crippen LogP contribution is -2.55. The van der Waals surface area contributed by atoms with Gasteiger partial charge in [0.05, 0.1) is 5.02 Å². The van der Waals surface area contributed by atoms with Crippen molar-refractivity contribution in [1.82, 2.24) is 9.88 Å². The molecule has 3 aromatic rings. The van der Waals surface area contributed by atoms with Gasteiger partial charge in [-0.2, -0.15) is 0 Å². The van der Waals surface area contributed by atoms with Gasteiger partial charge < -0.3 is 14.5 Å². The number of anilines is 1. The van der Waals surface area contributed by atoms with E-state index in [1.165, 1.54) is 0 Å². The van der Waals surface area contributed by atoms with Gasteiger partial charge in [-0.25, -0.2) is 9.78 Å². The number of halogens is 1. The highest BCUT2D eigenvalue weighted by molar-refractivity contribution is 6.32. The molecule has 1 atom stereocenters. The Balaban J connectivity index is 1.38. The van der Waals surface area contributed by atoms with Crippen LogP contribution in [0.5, 0.6) is 5.75 Å². The SMILES string of the molecule is C[C@@H]1CN(c2ncccc2Cl)CCN1C(=O)Oc1ccc(-c2ccccc2)cc1. The van der Waals surface area contributed by atoms with Crippen LogP contribution in [-0.2, 0) is 0 Å². The second kappa shape index (κ2) is 8.53. The van der Waals surface area contributed by atoms with E-state index in [0.717, 1.165) is 16.9 Å². The zero-order valence-corrected chi connectivity index (χ0v) is 16.9. The van der Waals surface area contributed by atoms with Gasteiger partial charge in [0.2, 0.25) is 0 Å². The number of amides is 1. The van der Waals surface area contributed by atoms with Gasteiger partial charge in [-0.15, -0.1) is 0 Å². The van der Waals surface area contributed by atoms with Crippen LogP contribution in [0.2, 0.25) is 5.02 Å². The average Bonchev–Trinajstić information content (AvgIpc) is 2.75. The molecule has 1 aromatic heterocycles. The van der Waals surface area contributed by atoms with Crippen LogP contribution in [0.3, 0.4) is 0 Å². The number of ether oxygens (including phenoxy) is 1. The van der Waals surface area contributed by atoms with Gasteiger partial charge in [0.15, 0.2) is 0 Å². The van der Waals surface area contributed by atoms with Crippen molar-refractivity contribution in [3.8, 4) is 16.9 Å². The molecule has 1 aliphatic heterocycles. The summed E-state index contributed by atoms with van der Waals surface area (Å²) in [6.07, 6.45) is 1.39. The number of nitrogens with zero attached hydrogens (tertiary/aromatic N) is 3. The summed E-state index contributed by atoms with van der Waals surface area (Å²) < 4.78 is 5.61. The molecule has 29 heavy (non-hydrogen) atoms. The van der Waals surface area contributed by atoms with E-state index in [1.807, 2.05) is 61.5 Å². The van der Waals surface area contributed by atoms with Crippen molar-refractivity contribution in [2.45, 2.75) is 13.0 Å². The first-order chi connectivity index (χ1) is 14.1. The average molecular weight is 408 g/mol. The van der Waals surface area contributed by atoms with Crippen molar-refractivity contribution >= 4 is 23.5 Å². The van der Waals surface area contributed by atoms with Crippen molar-refractivity contribution in [3.05, 3.63) is 77.9 Å². The largest absolute Gasteiger partial charge is 0.415 e. The fourth-order valence-electron chi connectivity index (χ4n) is 3.54. The molecule has 0 spiro atoms. The number of rotatable bonds is 3. The molecule has 0 unspecified atom stereocenters. The van der Waals surface area contributed by atoms with Gasteiger partial charge in [0, 0.05) is 31.9 Å². The Labute approximate surface area is 175 Å². The number of carbonyl (C=O) groups excluding carboxylic acids is 1. The molecule has 0 N–H and O–H groups in total. The first-order valence-electron chi connectivity index (χ1n) is 9.61. The number of hydrogen-bond donors (Lipinski definition) is 0. The van der Waals surface area contributed by atoms with E-state index < -0.39 is 0 Å². The van der Waals surface area contributed by atoms with Gasteiger partial charge in [0.1, 0.15) is 11.6 Å². The second-order valence-electron chi connectivity index (χ2n) is 7.06. The molecule has 1 saturated heterocycles. The van der Waals surface area contributed by atoms with Crippen molar-refractivity contribution in [2.75, 3.05) is 24.5 Å². The van der Waals surface area contributed by atoms with Crippen LogP contribution in [0.25, 0.3) is 11.1 Å². The molecule has 2 aromatic carbocycles. The minimum absolute atomic E-state index is 0.0158. The van der Waals surface area contributed by atoms with Crippen molar-refractivity contribution in [1.29, 1.82) is 0 Å². The molecule has 1 fully saturated rings. The van der Waals surface area contributed by atoms with Crippen molar-refractivity contribution in [2.24, 2.45) is 0 Å². The van der Waals surface area contributed by atoms with E-state index in [4.69, 9.17) is 16.3 Å². The molecule has 6 heteroatoms. The fourth-order valence-corrected chi connectivity index (χ4v) is 3.78. The summed E-state index contributed by atoms with van der Waals surface area (Å²) in [7, 11) is 0. The smallest absolute Gasteiger partial charge is 0.410 e. The summed E-state index contributed by atoms with van der Waals surface area (Å²) in [6.45, 7) is 3.86. The summed E-state index contributed by atoms with van der Waals surface area (Å²) in [6, 6.07) is 21.3. The first kappa shape index (κ1) is 19.3. The number of aromatic nitrogens is 1. The van der Waals surface area contributed by atoms with Gasteiger partial charge in [-0.05, 0) is 42.3 Å². The Morgan fingerprint density at radius 1 is 1.00 bits per heavy atom. The molecule has 0 bridgehead atoms. The normalized spacial score (nSPS) is 16.6. The summed E-state index contributed by atoms with van der Waals surface area (Å²) in [4.78, 5) is 20.9. The standard InChI is InChI=1S/C23H22ClN3O2/c1-17-16-26(22-21(24)8-5-13-25-22)14-15-27(17)23(28)29-20-11-9-19(10-12-20)18-6-3-2-4-7-18/h2-13,17H,14-16H2,1H3/t17-/m1/s1. The van der Waals surface area contributed by atoms with Crippen LogP contribution in [0.4, 0.5) is 10.6 Å². The third-order valence-corrected chi connectivity index (χ3v) is 5.36. The van der Waals surface area contributed by atoms with Crippen LogP contribution in [0, 0.1) is 0 Å². The molecule has 0 aliphatic carbocycles. The number of benzene rings is 2. The Morgan fingerprint density at radius 2 is 1.72 bits per heavy atom. The van der Waals surface area contributed by atoms with Crippen LogP contribution in [0.1, 0.15) is 6.92 Å². The van der Waals surface area contributed by atoms with E-state index in [9.17, 15) is 4.79 Å². The molecule has 4 rings (SSSR count). The Bertz CT molecular complexity index is 979. The zero-order valence-electron chi connectivity index (χ0n) is 16.2.